The number of hydrogen-bond acceptors (Lipinski definition) is 19. The van der Waals surface area contributed by atoms with E-state index in [1.165, 1.54) is 17.7 Å². The first-order valence-corrected chi connectivity index (χ1v) is 48.0. The van der Waals surface area contributed by atoms with E-state index in [9.17, 15) is 111 Å². The average Bonchev–Trinajstić information content (AvgIpc) is 0.726. The van der Waals surface area contributed by atoms with Crippen LogP contribution in [0.15, 0.2) is 227 Å². The summed E-state index contributed by atoms with van der Waals surface area (Å²) in [6.07, 6.45) is -3.54. The predicted molar refractivity (Wildman–Crippen MR) is 417 cm³/mol. The summed E-state index contributed by atoms with van der Waals surface area (Å²) in [7, 11) is -18.3. The second-order valence-electron chi connectivity index (χ2n) is 32.0. The third kappa shape index (κ3) is 28.5. The number of rotatable bonds is 22. The van der Waals surface area contributed by atoms with Gasteiger partial charge >= 0.3 is 29.8 Å². The molecule has 7 aromatic rings. The van der Waals surface area contributed by atoms with E-state index < -0.39 is 168 Å². The Kier molecular flexibility index (Phi) is 31.7. The van der Waals surface area contributed by atoms with Crippen molar-refractivity contribution >= 4 is 83.8 Å². The van der Waals surface area contributed by atoms with Crippen LogP contribution in [0.25, 0.3) is 0 Å². The Morgan fingerprint density at radius 1 is 0.445 bits per heavy atom. The number of carbonyl (C=O) groups excluding carboxylic acids is 2. The number of hydrogen-bond donors (Lipinski definition) is 2. The van der Waals surface area contributed by atoms with E-state index in [0.717, 1.165) is 106 Å². The summed E-state index contributed by atoms with van der Waals surface area (Å²) >= 11 is 0. The highest BCUT2D eigenvalue weighted by Crippen LogP contribution is 2.63. The van der Waals surface area contributed by atoms with Crippen LogP contribution in [0, 0.1) is 34.5 Å². The Labute approximate surface area is 691 Å². The molecule has 8 bridgehead atoms. The summed E-state index contributed by atoms with van der Waals surface area (Å²) in [5.41, 5.74) is -9.40. The first kappa shape index (κ1) is 97.4. The van der Waals surface area contributed by atoms with E-state index in [0.29, 0.717) is 72.0 Å². The molecule has 20 nitrogen and oxygen atoms in total. The molecule has 7 aromatic carbocycles. The smallest absolute Gasteiger partial charge is 0.485 e. The molecule has 2 N–H and O–H groups in total. The molecule has 119 heavy (non-hydrogen) atoms. The number of benzene rings is 7. The van der Waals surface area contributed by atoms with Gasteiger partial charge in [0.2, 0.25) is 0 Å². The second-order valence-corrected chi connectivity index (χ2v) is 44.3. The van der Waals surface area contributed by atoms with Crippen molar-refractivity contribution in [1.29, 1.82) is 0 Å². The molecule has 8 aliphatic carbocycles. The number of nitrogens with zero attached hydrogens (tertiary/aromatic N) is 1. The predicted octanol–water partition coefficient (Wildman–Crippen LogP) is 14.6. The Hall–Kier alpha value is -7.08. The zero-order valence-corrected chi connectivity index (χ0v) is 70.8. The number of carbonyl (C=O) groups is 2. The van der Waals surface area contributed by atoms with Crippen molar-refractivity contribution < 1.29 is 138 Å². The maximum atomic E-state index is 13.6. The van der Waals surface area contributed by atoms with E-state index in [4.69, 9.17) is 22.4 Å². The van der Waals surface area contributed by atoms with Crippen LogP contribution < -0.4 is 0 Å². The fourth-order valence-corrected chi connectivity index (χ4v) is 24.1. The lowest BCUT2D eigenvalue weighted by Gasteiger charge is -2.58. The van der Waals surface area contributed by atoms with Gasteiger partial charge in [0.05, 0.1) is 131 Å². The Balaban J connectivity index is 0.000000184. The summed E-state index contributed by atoms with van der Waals surface area (Å²) in [4.78, 5) is 27.8. The molecular weight excluding hydrogens is 1720 g/mol. The zero-order chi connectivity index (χ0) is 88.4. The van der Waals surface area contributed by atoms with Gasteiger partial charge in [-0.05, 0) is 174 Å². The van der Waals surface area contributed by atoms with Gasteiger partial charge in [-0.25, -0.2) is 50.9 Å². The largest absolute Gasteiger partial charge is 0.748 e. The lowest BCUT2D eigenvalue weighted by molar-refractivity contribution is -0.884. The number of aliphatic hydroxyl groups is 2. The van der Waals surface area contributed by atoms with Crippen molar-refractivity contribution in [2.75, 3.05) is 58.4 Å². The first-order chi connectivity index (χ1) is 54.9. The number of ether oxygens (including phenoxy) is 2. The quantitative estimate of drug-likeness (QED) is 0.0159. The highest BCUT2D eigenvalue weighted by molar-refractivity contribution is 7.97. The van der Waals surface area contributed by atoms with Crippen molar-refractivity contribution in [3.05, 3.63) is 205 Å². The number of halogens is 11. The average molecular weight is 1820 g/mol. The highest BCUT2D eigenvalue weighted by Gasteiger charge is 2.62. The molecule has 0 aromatic heterocycles. The van der Waals surface area contributed by atoms with E-state index in [1.54, 1.807) is 0 Å². The van der Waals surface area contributed by atoms with Gasteiger partial charge in [-0.15, -0.1) is 0 Å². The van der Waals surface area contributed by atoms with Crippen molar-refractivity contribution in [2.45, 2.75) is 177 Å². The van der Waals surface area contributed by atoms with Gasteiger partial charge < -0.3 is 37.8 Å². The van der Waals surface area contributed by atoms with Gasteiger partial charge in [0.25, 0.3) is 0 Å². The SMILES string of the molecule is CS(=O)(=O)c1ccc([S+](c2ccccc2)c2ccccc2)cc1C(F)(F)F.CS(=O)(=O)c1ccc([S+](c2ccccc2)c2ccccc2)cc1C(F)(F)F.C[N+](C)(C)Cc1ccccc1.O=C(OCCC(F)CS(=O)(=O)[O-])C12CC3CC(CC(O)(C3)C1)C2.O=C(OCCC(F)CS(=O)(=O)[O-])C12CC3CC(CC(O)(C3)C1)C2.O=S(=O)([O-])C(F)(F)F. The molecule has 38 heteroatoms. The van der Waals surface area contributed by atoms with Gasteiger partial charge in [0.1, 0.15) is 18.9 Å². The summed E-state index contributed by atoms with van der Waals surface area (Å²) in [5.74, 6) is -1.66. The molecule has 0 amide bonds. The molecule has 15 rings (SSSR count). The van der Waals surface area contributed by atoms with Crippen LogP contribution in [0.1, 0.15) is 107 Å². The third-order valence-electron chi connectivity index (χ3n) is 20.5. The van der Waals surface area contributed by atoms with Crippen LogP contribution in [0.3, 0.4) is 0 Å². The number of esters is 2. The van der Waals surface area contributed by atoms with Gasteiger partial charge in [-0.1, -0.05) is 103 Å². The van der Waals surface area contributed by atoms with E-state index >= 15 is 0 Å². The minimum atomic E-state index is -6.09. The highest BCUT2D eigenvalue weighted by atomic mass is 32.2. The number of alkyl halides is 11. The van der Waals surface area contributed by atoms with Crippen LogP contribution in [0.4, 0.5) is 48.3 Å². The molecule has 6 atom stereocenters. The second kappa shape index (κ2) is 38.8. The Bertz CT molecular complexity index is 4810. The van der Waals surface area contributed by atoms with E-state index in [-0.39, 0.29) is 26.1 Å². The monoisotopic (exact) mass is 1820 g/mol. The molecule has 654 valence electrons. The summed E-state index contributed by atoms with van der Waals surface area (Å²) in [6.45, 7) is 0.608. The molecular formula is C81H92F11NO19S7. The van der Waals surface area contributed by atoms with Crippen molar-refractivity contribution in [3.63, 3.8) is 0 Å². The molecule has 0 heterocycles. The minimum absolute atomic E-state index is 0.245. The Morgan fingerprint density at radius 2 is 0.714 bits per heavy atom. The van der Waals surface area contributed by atoms with Crippen molar-refractivity contribution in [2.24, 2.45) is 34.5 Å². The van der Waals surface area contributed by atoms with E-state index in [2.05, 4.69) is 51.5 Å². The topological polar surface area (TPSA) is 333 Å². The Morgan fingerprint density at radius 3 is 0.941 bits per heavy atom. The number of sulfone groups is 2. The third-order valence-corrected chi connectivity index (χ3v) is 29.3. The summed E-state index contributed by atoms with van der Waals surface area (Å²) in [5, 5.41) is 21.2. The summed E-state index contributed by atoms with van der Waals surface area (Å²) < 4.78 is 288. The lowest BCUT2D eigenvalue weighted by atomic mass is 9.48. The number of quaternary nitrogens is 1. The van der Waals surface area contributed by atoms with Crippen LogP contribution in [0.5, 0.6) is 0 Å². The molecule has 0 aliphatic heterocycles. The maximum Gasteiger partial charge on any atom is 0.485 e. The maximum absolute atomic E-state index is 13.6. The molecule has 8 aliphatic rings. The molecule has 6 unspecified atom stereocenters. The molecule has 0 radical (unpaired) electrons. The van der Waals surface area contributed by atoms with Crippen LogP contribution >= 0.6 is 0 Å². The standard InChI is InChI=1S/2C20H16F3O2S2.2C15H23FO6S.C10H16N.CHF3O3S/c2*1-27(24,25)19-13-12-17(14-18(19)20(21,22)23)26(15-8-4-2-5-9-15)16-10-6-3-7-11-16;2*16-12(8-23(19,20)21)1-2-22-13(17)14-4-10-3-11(5-14)7-15(18,6-10)9-14;1-11(2,3)9-10-7-5-4-6-8-10;2-1(3,4)8(5,6)7/h2*2-14H,1H3;2*10-12,18H,1-9H2,(H,19,20,21);4-8H,9H2,1-3H3;(H,5,6,7)/q2*+1;;;+1;/p-3. The van der Waals surface area contributed by atoms with Gasteiger partial charge in [0.15, 0.2) is 59.2 Å². The van der Waals surface area contributed by atoms with Crippen molar-refractivity contribution in [1.82, 2.24) is 0 Å². The minimum Gasteiger partial charge on any atom is -0.748 e. The molecule has 8 saturated carbocycles. The first-order valence-electron chi connectivity index (χ1n) is 37.2. The van der Waals surface area contributed by atoms with Crippen LogP contribution in [-0.2, 0) is 110 Å². The van der Waals surface area contributed by atoms with E-state index in [1.807, 2.05) is 121 Å². The molecule has 0 spiro atoms. The van der Waals surface area contributed by atoms with Crippen LogP contribution in [-0.4, -0.2) is 170 Å². The van der Waals surface area contributed by atoms with Gasteiger partial charge in [-0.2, -0.15) is 39.5 Å². The van der Waals surface area contributed by atoms with Gasteiger partial charge in [-0.3, -0.25) is 9.59 Å². The van der Waals surface area contributed by atoms with Crippen LogP contribution in [0.2, 0.25) is 0 Å². The fraction of sp³-hybridized carbons (Fsp3) is 0.457. The summed E-state index contributed by atoms with van der Waals surface area (Å²) in [6, 6.07) is 54.3. The fourth-order valence-electron chi connectivity index (χ4n) is 16.9. The molecule has 0 saturated heterocycles. The normalized spacial score (nSPS) is 23.1. The molecule has 8 fully saturated rings. The zero-order valence-electron chi connectivity index (χ0n) is 65.1. The lowest BCUT2D eigenvalue weighted by Crippen LogP contribution is -2.58. The van der Waals surface area contributed by atoms with Gasteiger partial charge in [0, 0.05) is 43.0 Å². The van der Waals surface area contributed by atoms with Crippen molar-refractivity contribution in [3.8, 4) is 0 Å².